The van der Waals surface area contributed by atoms with Gasteiger partial charge < -0.3 is 10.6 Å². The van der Waals surface area contributed by atoms with E-state index in [2.05, 4.69) is 10.6 Å². The molecule has 2 aromatic rings. The highest BCUT2D eigenvalue weighted by Gasteiger charge is 2.16. The van der Waals surface area contributed by atoms with Gasteiger partial charge in [-0.25, -0.2) is 4.39 Å². The Morgan fingerprint density at radius 3 is 2.70 bits per heavy atom. The largest absolute Gasteiger partial charge is 0.352 e. The molecule has 0 fully saturated rings. The molecule has 5 heteroatoms. The van der Waals surface area contributed by atoms with E-state index >= 15 is 0 Å². The van der Waals surface area contributed by atoms with Crippen molar-refractivity contribution < 1.29 is 14.0 Å². The predicted octanol–water partition coefficient (Wildman–Crippen LogP) is 2.68. The third-order valence-electron chi connectivity index (χ3n) is 3.88. The summed E-state index contributed by atoms with van der Waals surface area (Å²) in [4.78, 5) is 23.5. The van der Waals surface area contributed by atoms with Gasteiger partial charge in [-0.05, 0) is 54.3 Å². The number of hydrogen-bond acceptors (Lipinski definition) is 2. The third kappa shape index (κ3) is 3.74. The second kappa shape index (κ2) is 6.60. The molecule has 0 bridgehead atoms. The SMILES string of the molecule is O=C1CCc2cc(C(=O)NCCc3ccc(F)cc3)ccc2N1. The van der Waals surface area contributed by atoms with Crippen LogP contribution in [0.25, 0.3) is 0 Å². The Balaban J connectivity index is 1.58. The Hall–Kier alpha value is -2.69. The molecule has 0 atom stereocenters. The van der Waals surface area contributed by atoms with Crippen LogP contribution < -0.4 is 10.6 Å². The zero-order chi connectivity index (χ0) is 16.2. The number of benzene rings is 2. The van der Waals surface area contributed by atoms with Crippen molar-refractivity contribution in [2.45, 2.75) is 19.3 Å². The maximum atomic E-state index is 12.8. The first-order valence-corrected chi connectivity index (χ1v) is 7.57. The van der Waals surface area contributed by atoms with Gasteiger partial charge in [0.1, 0.15) is 5.82 Å². The lowest BCUT2D eigenvalue weighted by Gasteiger charge is -2.17. The van der Waals surface area contributed by atoms with Gasteiger partial charge in [-0.3, -0.25) is 9.59 Å². The summed E-state index contributed by atoms with van der Waals surface area (Å²) < 4.78 is 12.8. The van der Waals surface area contributed by atoms with Crippen molar-refractivity contribution >= 4 is 17.5 Å². The summed E-state index contributed by atoms with van der Waals surface area (Å²) >= 11 is 0. The number of halogens is 1. The molecule has 1 aliphatic rings. The summed E-state index contributed by atoms with van der Waals surface area (Å²) in [5.74, 6) is -0.403. The molecule has 0 saturated carbocycles. The van der Waals surface area contributed by atoms with Crippen molar-refractivity contribution in [1.82, 2.24) is 5.32 Å². The van der Waals surface area contributed by atoms with Crippen LogP contribution in [0.5, 0.6) is 0 Å². The van der Waals surface area contributed by atoms with Gasteiger partial charge in [0.25, 0.3) is 5.91 Å². The highest BCUT2D eigenvalue weighted by Crippen LogP contribution is 2.23. The number of anilines is 1. The molecule has 0 unspecified atom stereocenters. The molecule has 23 heavy (non-hydrogen) atoms. The summed E-state index contributed by atoms with van der Waals surface area (Å²) in [6, 6.07) is 11.5. The lowest BCUT2D eigenvalue weighted by atomic mass is 10.00. The predicted molar refractivity (Wildman–Crippen MR) is 85.8 cm³/mol. The number of nitrogens with one attached hydrogen (secondary N) is 2. The van der Waals surface area contributed by atoms with Crippen LogP contribution in [0.4, 0.5) is 10.1 Å². The topological polar surface area (TPSA) is 58.2 Å². The van der Waals surface area contributed by atoms with Gasteiger partial charge in [-0.1, -0.05) is 12.1 Å². The van der Waals surface area contributed by atoms with Gasteiger partial charge >= 0.3 is 0 Å². The van der Waals surface area contributed by atoms with E-state index in [0.717, 1.165) is 16.8 Å². The van der Waals surface area contributed by atoms with Crippen molar-refractivity contribution in [2.75, 3.05) is 11.9 Å². The monoisotopic (exact) mass is 312 g/mol. The van der Waals surface area contributed by atoms with E-state index in [4.69, 9.17) is 0 Å². The van der Waals surface area contributed by atoms with Crippen molar-refractivity contribution in [3.05, 3.63) is 65.0 Å². The second-order valence-corrected chi connectivity index (χ2v) is 5.55. The van der Waals surface area contributed by atoms with Crippen molar-refractivity contribution in [3.63, 3.8) is 0 Å². The Labute approximate surface area is 133 Å². The van der Waals surface area contributed by atoms with E-state index in [1.54, 1.807) is 24.3 Å². The zero-order valence-corrected chi connectivity index (χ0v) is 12.6. The number of carbonyl (C=O) groups excluding carboxylic acids is 2. The molecule has 0 spiro atoms. The number of fused-ring (bicyclic) bond motifs is 1. The standard InChI is InChI=1S/C18H17FN2O2/c19-15-5-1-12(2-6-15)9-10-20-18(23)14-3-7-16-13(11-14)4-8-17(22)21-16/h1-3,5-7,11H,4,8-10H2,(H,20,23)(H,21,22). The molecule has 0 saturated heterocycles. The average Bonchev–Trinajstić information content (AvgIpc) is 2.56. The summed E-state index contributed by atoms with van der Waals surface area (Å²) in [7, 11) is 0. The summed E-state index contributed by atoms with van der Waals surface area (Å²) in [6.45, 7) is 0.484. The number of rotatable bonds is 4. The minimum atomic E-state index is -0.265. The molecule has 0 aliphatic carbocycles. The van der Waals surface area contributed by atoms with E-state index < -0.39 is 0 Å². The van der Waals surface area contributed by atoms with E-state index in [1.165, 1.54) is 12.1 Å². The van der Waals surface area contributed by atoms with Gasteiger partial charge in [-0.2, -0.15) is 0 Å². The van der Waals surface area contributed by atoms with E-state index in [0.29, 0.717) is 31.4 Å². The van der Waals surface area contributed by atoms with Crippen LogP contribution >= 0.6 is 0 Å². The van der Waals surface area contributed by atoms with Crippen molar-refractivity contribution in [3.8, 4) is 0 Å². The van der Waals surface area contributed by atoms with Crippen LogP contribution in [-0.4, -0.2) is 18.4 Å². The Kier molecular flexibility index (Phi) is 4.37. The highest BCUT2D eigenvalue weighted by atomic mass is 19.1. The van der Waals surface area contributed by atoms with Gasteiger partial charge in [-0.15, -0.1) is 0 Å². The first-order chi connectivity index (χ1) is 11.1. The van der Waals surface area contributed by atoms with Crippen LogP contribution in [0.15, 0.2) is 42.5 Å². The summed E-state index contributed by atoms with van der Waals surface area (Å²) in [6.07, 6.45) is 1.74. The molecule has 2 N–H and O–H groups in total. The molecule has 4 nitrogen and oxygen atoms in total. The van der Waals surface area contributed by atoms with Gasteiger partial charge in [0, 0.05) is 24.2 Å². The maximum absolute atomic E-state index is 12.8. The fourth-order valence-electron chi connectivity index (χ4n) is 2.60. The first-order valence-electron chi connectivity index (χ1n) is 7.57. The van der Waals surface area contributed by atoms with E-state index in [1.807, 2.05) is 6.07 Å². The van der Waals surface area contributed by atoms with Gasteiger partial charge in [0.05, 0.1) is 0 Å². The number of aryl methyl sites for hydroxylation is 1. The minimum absolute atomic E-state index is 0.00833. The van der Waals surface area contributed by atoms with E-state index in [-0.39, 0.29) is 17.6 Å². The maximum Gasteiger partial charge on any atom is 0.251 e. The lowest BCUT2D eigenvalue weighted by Crippen LogP contribution is -2.26. The Morgan fingerprint density at radius 2 is 1.91 bits per heavy atom. The molecule has 3 rings (SSSR count). The number of amides is 2. The molecule has 2 aromatic carbocycles. The van der Waals surface area contributed by atoms with Crippen molar-refractivity contribution in [2.24, 2.45) is 0 Å². The summed E-state index contributed by atoms with van der Waals surface area (Å²) in [5, 5.41) is 5.65. The molecule has 0 aromatic heterocycles. The van der Waals surface area contributed by atoms with Crippen LogP contribution in [0.3, 0.4) is 0 Å². The van der Waals surface area contributed by atoms with Gasteiger partial charge in [0.15, 0.2) is 0 Å². The first kappa shape index (κ1) is 15.2. The number of hydrogen-bond donors (Lipinski definition) is 2. The van der Waals surface area contributed by atoms with E-state index in [9.17, 15) is 14.0 Å². The zero-order valence-electron chi connectivity index (χ0n) is 12.6. The summed E-state index contributed by atoms with van der Waals surface area (Å²) in [5.41, 5.74) is 3.32. The van der Waals surface area contributed by atoms with Crippen LogP contribution in [0.2, 0.25) is 0 Å². The molecule has 118 valence electrons. The number of carbonyl (C=O) groups is 2. The third-order valence-corrected chi connectivity index (χ3v) is 3.88. The lowest BCUT2D eigenvalue weighted by molar-refractivity contribution is -0.116. The molecule has 1 heterocycles. The molecule has 0 radical (unpaired) electrons. The minimum Gasteiger partial charge on any atom is -0.352 e. The smallest absolute Gasteiger partial charge is 0.251 e. The Bertz CT molecular complexity index is 741. The molecular weight excluding hydrogens is 295 g/mol. The normalized spacial score (nSPS) is 13.2. The fourth-order valence-corrected chi connectivity index (χ4v) is 2.60. The van der Waals surface area contributed by atoms with Crippen LogP contribution in [0.1, 0.15) is 27.9 Å². The molecular formula is C18H17FN2O2. The molecule has 2 amide bonds. The van der Waals surface area contributed by atoms with Crippen LogP contribution in [0, 0.1) is 5.82 Å². The van der Waals surface area contributed by atoms with Gasteiger partial charge in [0.2, 0.25) is 5.91 Å². The quantitative estimate of drug-likeness (QED) is 0.912. The molecule has 1 aliphatic heterocycles. The highest BCUT2D eigenvalue weighted by molar-refractivity contribution is 5.97. The second-order valence-electron chi connectivity index (χ2n) is 5.55. The van der Waals surface area contributed by atoms with Crippen LogP contribution in [-0.2, 0) is 17.6 Å². The Morgan fingerprint density at radius 1 is 1.13 bits per heavy atom. The van der Waals surface area contributed by atoms with Crippen molar-refractivity contribution in [1.29, 1.82) is 0 Å². The fraction of sp³-hybridized carbons (Fsp3) is 0.222. The average molecular weight is 312 g/mol.